The molecule has 0 heterocycles. The van der Waals surface area contributed by atoms with Crippen molar-refractivity contribution in [3.05, 3.63) is 34.9 Å². The Morgan fingerprint density at radius 2 is 1.63 bits per heavy atom. The number of hydrogen-bond acceptors (Lipinski definition) is 0. The number of halogens is 2. The summed E-state index contributed by atoms with van der Waals surface area (Å²) in [7, 11) is 0. The van der Waals surface area contributed by atoms with Crippen molar-refractivity contribution in [2.75, 3.05) is 0 Å². The summed E-state index contributed by atoms with van der Waals surface area (Å²) in [4.78, 5) is 0. The van der Waals surface area contributed by atoms with Gasteiger partial charge in [0.05, 0.1) is 0 Å². The first-order valence-electron chi connectivity index (χ1n) is 7.57. The van der Waals surface area contributed by atoms with Gasteiger partial charge in [-0.15, -0.1) is 0 Å². The summed E-state index contributed by atoms with van der Waals surface area (Å²) in [5.74, 6) is 0.380. The van der Waals surface area contributed by atoms with Gasteiger partial charge in [0, 0.05) is 5.56 Å². The van der Waals surface area contributed by atoms with Crippen LogP contribution in [0.4, 0.5) is 8.78 Å². The zero-order valence-corrected chi connectivity index (χ0v) is 12.0. The van der Waals surface area contributed by atoms with Crippen LogP contribution in [-0.2, 0) is 0 Å². The molecule has 0 amide bonds. The maximum absolute atomic E-state index is 13.6. The third kappa shape index (κ3) is 3.55. The summed E-state index contributed by atoms with van der Waals surface area (Å²) in [5.41, 5.74) is 0.995. The molecule has 1 aromatic carbocycles. The maximum atomic E-state index is 13.6. The average Bonchev–Trinajstić information content (AvgIpc) is 2.42. The van der Waals surface area contributed by atoms with E-state index in [1.807, 2.05) is 0 Å². The number of unbranched alkanes of at least 4 members (excludes halogenated alkanes) is 1. The number of benzene rings is 1. The van der Waals surface area contributed by atoms with Gasteiger partial charge in [0.2, 0.25) is 0 Å². The van der Waals surface area contributed by atoms with Crippen LogP contribution in [0.2, 0.25) is 0 Å². The Kier molecular flexibility index (Phi) is 4.95. The Morgan fingerprint density at radius 1 is 1.05 bits per heavy atom. The largest absolute Gasteiger partial charge is 0.207 e. The second-order valence-corrected chi connectivity index (χ2v) is 5.97. The van der Waals surface area contributed by atoms with Crippen LogP contribution in [0.15, 0.2) is 12.1 Å². The summed E-state index contributed by atoms with van der Waals surface area (Å²) >= 11 is 0. The van der Waals surface area contributed by atoms with Crippen LogP contribution in [-0.4, -0.2) is 0 Å². The van der Waals surface area contributed by atoms with Crippen LogP contribution in [0.3, 0.4) is 0 Å². The number of rotatable bonds is 4. The Bertz CT molecular complexity index is 394. The van der Waals surface area contributed by atoms with E-state index in [-0.39, 0.29) is 5.56 Å². The highest BCUT2D eigenvalue weighted by Gasteiger charge is 2.23. The minimum Gasteiger partial charge on any atom is -0.207 e. The molecule has 1 aliphatic rings. The zero-order chi connectivity index (χ0) is 13.8. The Hall–Kier alpha value is -0.920. The summed E-state index contributed by atoms with van der Waals surface area (Å²) in [5, 5.41) is 0. The molecule has 19 heavy (non-hydrogen) atoms. The fraction of sp³-hybridized carbons (Fsp3) is 0.647. The van der Waals surface area contributed by atoms with Crippen molar-refractivity contribution >= 4 is 0 Å². The highest BCUT2D eigenvalue weighted by atomic mass is 19.1. The van der Waals surface area contributed by atoms with Gasteiger partial charge in [-0.05, 0) is 62.1 Å². The van der Waals surface area contributed by atoms with Crippen LogP contribution >= 0.6 is 0 Å². The van der Waals surface area contributed by atoms with Crippen molar-refractivity contribution in [2.24, 2.45) is 5.92 Å². The molecule has 0 nitrogen and oxygen atoms in total. The summed E-state index contributed by atoms with van der Waals surface area (Å²) in [6, 6.07) is 3.07. The van der Waals surface area contributed by atoms with Crippen LogP contribution in [0.25, 0.3) is 0 Å². The van der Waals surface area contributed by atoms with Gasteiger partial charge in [0.1, 0.15) is 11.6 Å². The molecule has 0 N–H and O–H groups in total. The summed E-state index contributed by atoms with van der Waals surface area (Å²) in [6.45, 7) is 3.72. The second-order valence-electron chi connectivity index (χ2n) is 5.97. The minimum atomic E-state index is -0.400. The predicted octanol–water partition coefficient (Wildman–Crippen LogP) is 5.74. The van der Waals surface area contributed by atoms with Gasteiger partial charge in [-0.3, -0.25) is 0 Å². The lowest BCUT2D eigenvalue weighted by atomic mass is 9.77. The Balaban J connectivity index is 1.98. The first-order valence-corrected chi connectivity index (χ1v) is 7.57. The highest BCUT2D eigenvalue weighted by Crippen LogP contribution is 2.38. The smallest absolute Gasteiger partial charge is 0.129 e. The van der Waals surface area contributed by atoms with E-state index in [9.17, 15) is 8.78 Å². The van der Waals surface area contributed by atoms with Gasteiger partial charge in [-0.1, -0.05) is 26.2 Å². The van der Waals surface area contributed by atoms with E-state index in [2.05, 4.69) is 6.92 Å². The van der Waals surface area contributed by atoms with Crippen molar-refractivity contribution in [1.82, 2.24) is 0 Å². The molecule has 0 atom stereocenters. The molecule has 0 radical (unpaired) electrons. The normalized spacial score (nSPS) is 23.6. The fourth-order valence-corrected chi connectivity index (χ4v) is 3.18. The lowest BCUT2D eigenvalue weighted by Crippen LogP contribution is -2.14. The van der Waals surface area contributed by atoms with E-state index in [1.165, 1.54) is 51.2 Å². The lowest BCUT2D eigenvalue weighted by molar-refractivity contribution is 0.303. The van der Waals surface area contributed by atoms with Crippen LogP contribution in [0.5, 0.6) is 0 Å². The molecular formula is C17H24F2. The van der Waals surface area contributed by atoms with Gasteiger partial charge >= 0.3 is 0 Å². The van der Waals surface area contributed by atoms with Gasteiger partial charge in [0.25, 0.3) is 0 Å². The average molecular weight is 266 g/mol. The molecule has 0 unspecified atom stereocenters. The molecule has 1 saturated carbocycles. The third-order valence-electron chi connectivity index (χ3n) is 4.59. The zero-order valence-electron chi connectivity index (χ0n) is 12.0. The summed E-state index contributed by atoms with van der Waals surface area (Å²) < 4.78 is 27.2. The molecular weight excluding hydrogens is 242 g/mol. The van der Waals surface area contributed by atoms with E-state index in [4.69, 9.17) is 0 Å². The lowest BCUT2D eigenvalue weighted by Gasteiger charge is -2.29. The molecule has 106 valence electrons. The van der Waals surface area contributed by atoms with E-state index >= 15 is 0 Å². The summed E-state index contributed by atoms with van der Waals surface area (Å²) in [6.07, 6.45) is 8.47. The predicted molar refractivity (Wildman–Crippen MR) is 75.3 cm³/mol. The first-order chi connectivity index (χ1) is 9.11. The topological polar surface area (TPSA) is 0 Å². The van der Waals surface area contributed by atoms with Gasteiger partial charge in [0.15, 0.2) is 0 Å². The monoisotopic (exact) mass is 266 g/mol. The maximum Gasteiger partial charge on any atom is 0.129 e. The molecule has 0 saturated heterocycles. The molecule has 2 heteroatoms. The van der Waals surface area contributed by atoms with Crippen molar-refractivity contribution in [3.8, 4) is 0 Å². The second kappa shape index (κ2) is 6.49. The molecule has 2 rings (SSSR count). The molecule has 0 spiro atoms. The van der Waals surface area contributed by atoms with Gasteiger partial charge in [-0.25, -0.2) is 8.78 Å². The van der Waals surface area contributed by atoms with E-state index < -0.39 is 11.6 Å². The van der Waals surface area contributed by atoms with Crippen LogP contribution < -0.4 is 0 Å². The standard InChI is InChI=1S/C17H24F2/c1-3-4-5-13-6-8-14(9-7-13)15-10-16(18)12(2)17(19)11-15/h10-11,13-14H,3-9H2,1-2H3. The van der Waals surface area contributed by atoms with Crippen LogP contribution in [0, 0.1) is 24.5 Å². The Labute approximate surface area is 115 Å². The molecule has 0 aromatic heterocycles. The fourth-order valence-electron chi connectivity index (χ4n) is 3.18. The van der Waals surface area contributed by atoms with E-state index in [1.54, 1.807) is 0 Å². The third-order valence-corrected chi connectivity index (χ3v) is 4.59. The molecule has 0 bridgehead atoms. The van der Waals surface area contributed by atoms with Crippen molar-refractivity contribution < 1.29 is 8.78 Å². The molecule has 1 fully saturated rings. The van der Waals surface area contributed by atoms with Gasteiger partial charge in [-0.2, -0.15) is 0 Å². The quantitative estimate of drug-likeness (QED) is 0.652. The SMILES string of the molecule is CCCCC1CCC(c2cc(F)c(C)c(F)c2)CC1. The molecule has 0 aliphatic heterocycles. The highest BCUT2D eigenvalue weighted by molar-refractivity contribution is 5.28. The minimum absolute atomic E-state index is 0.139. The first kappa shape index (κ1) is 14.5. The number of hydrogen-bond donors (Lipinski definition) is 0. The van der Waals surface area contributed by atoms with E-state index in [0.29, 0.717) is 5.92 Å². The van der Waals surface area contributed by atoms with Gasteiger partial charge < -0.3 is 0 Å². The van der Waals surface area contributed by atoms with Crippen LogP contribution in [0.1, 0.15) is 68.9 Å². The molecule has 1 aliphatic carbocycles. The van der Waals surface area contributed by atoms with E-state index in [0.717, 1.165) is 24.3 Å². The van der Waals surface area contributed by atoms with Crippen molar-refractivity contribution in [1.29, 1.82) is 0 Å². The Morgan fingerprint density at radius 3 is 2.16 bits per heavy atom. The molecule has 1 aromatic rings. The van der Waals surface area contributed by atoms with Crippen molar-refractivity contribution in [3.63, 3.8) is 0 Å². The van der Waals surface area contributed by atoms with Crippen molar-refractivity contribution in [2.45, 2.75) is 64.7 Å².